The van der Waals surface area contributed by atoms with E-state index in [1.165, 1.54) is 49.8 Å². The average Bonchev–Trinajstić information content (AvgIpc) is 2.71. The first-order valence-corrected chi connectivity index (χ1v) is 8.55. The van der Waals surface area contributed by atoms with Crippen molar-refractivity contribution >= 4 is 10.0 Å². The van der Waals surface area contributed by atoms with Gasteiger partial charge in [-0.2, -0.15) is 23.0 Å². The van der Waals surface area contributed by atoms with Crippen LogP contribution in [0.3, 0.4) is 0 Å². The molecule has 0 fully saturated rings. The molecule has 0 saturated carbocycles. The monoisotopic (exact) mass is 361 g/mol. The van der Waals surface area contributed by atoms with Gasteiger partial charge in [-0.05, 0) is 26.3 Å². The summed E-state index contributed by atoms with van der Waals surface area (Å²) in [7, 11) is -2.91. The Bertz CT molecular complexity index is 845. The van der Waals surface area contributed by atoms with Crippen LogP contribution in [-0.4, -0.2) is 24.4 Å². The summed E-state index contributed by atoms with van der Waals surface area (Å²) in [5.41, 5.74) is -2.56. The molecule has 1 heterocycles. The standard InChI is InChI=1S/C15H18F3N3O2S/c1-10-13(11(2)21(4)19-10)24(22,23)20-14(3,15(16,17)18)12-8-6-5-7-9-12/h5-9,20H,1-4H3. The summed E-state index contributed by atoms with van der Waals surface area (Å²) < 4.78 is 69.5. The molecule has 0 aliphatic rings. The lowest BCUT2D eigenvalue weighted by atomic mass is 9.93. The highest BCUT2D eigenvalue weighted by Gasteiger charge is 2.55. The molecule has 1 unspecified atom stereocenters. The van der Waals surface area contributed by atoms with Gasteiger partial charge in [0.15, 0.2) is 5.54 Å². The molecule has 24 heavy (non-hydrogen) atoms. The molecule has 0 amide bonds. The van der Waals surface area contributed by atoms with E-state index in [4.69, 9.17) is 0 Å². The van der Waals surface area contributed by atoms with Crippen molar-refractivity contribution in [2.24, 2.45) is 7.05 Å². The van der Waals surface area contributed by atoms with Crippen molar-refractivity contribution in [3.05, 3.63) is 47.3 Å². The fraction of sp³-hybridized carbons (Fsp3) is 0.400. The smallest absolute Gasteiger partial charge is 0.271 e. The van der Waals surface area contributed by atoms with Gasteiger partial charge in [0, 0.05) is 7.05 Å². The van der Waals surface area contributed by atoms with Crippen molar-refractivity contribution in [2.45, 2.75) is 37.4 Å². The van der Waals surface area contributed by atoms with Crippen molar-refractivity contribution in [1.29, 1.82) is 0 Å². The second-order valence-electron chi connectivity index (χ2n) is 5.72. The molecular formula is C15H18F3N3O2S. The van der Waals surface area contributed by atoms with Crippen LogP contribution in [0.2, 0.25) is 0 Å². The topological polar surface area (TPSA) is 64.0 Å². The van der Waals surface area contributed by atoms with Gasteiger partial charge in [-0.1, -0.05) is 30.3 Å². The normalized spacial score (nSPS) is 15.3. The van der Waals surface area contributed by atoms with E-state index in [2.05, 4.69) is 5.10 Å². The second kappa shape index (κ2) is 5.89. The third kappa shape index (κ3) is 3.05. The number of aryl methyl sites for hydroxylation is 2. The minimum atomic E-state index is -4.83. The maximum absolute atomic E-state index is 13.7. The van der Waals surface area contributed by atoms with E-state index in [1.807, 2.05) is 4.72 Å². The Balaban J connectivity index is 2.59. The maximum atomic E-state index is 13.7. The number of hydrogen-bond acceptors (Lipinski definition) is 3. The molecule has 132 valence electrons. The van der Waals surface area contributed by atoms with Crippen LogP contribution in [0, 0.1) is 13.8 Å². The summed E-state index contributed by atoms with van der Waals surface area (Å²) in [5, 5.41) is 3.96. The minimum absolute atomic E-state index is 0.139. The number of sulfonamides is 1. The average molecular weight is 361 g/mol. The largest absolute Gasteiger partial charge is 0.411 e. The molecule has 5 nitrogen and oxygen atoms in total. The van der Waals surface area contributed by atoms with Gasteiger partial charge in [-0.15, -0.1) is 0 Å². The van der Waals surface area contributed by atoms with Crippen LogP contribution in [0.15, 0.2) is 35.2 Å². The minimum Gasteiger partial charge on any atom is -0.271 e. The number of halogens is 3. The lowest BCUT2D eigenvalue weighted by molar-refractivity contribution is -0.189. The Kier molecular flexibility index (Phi) is 4.53. The summed E-state index contributed by atoms with van der Waals surface area (Å²) in [6.07, 6.45) is -4.83. The molecule has 0 aliphatic heterocycles. The summed E-state index contributed by atoms with van der Waals surface area (Å²) >= 11 is 0. The van der Waals surface area contributed by atoms with E-state index in [1.54, 1.807) is 6.07 Å². The number of nitrogens with one attached hydrogen (secondary N) is 1. The molecule has 1 aromatic carbocycles. The summed E-state index contributed by atoms with van der Waals surface area (Å²) in [6.45, 7) is 3.73. The van der Waals surface area contributed by atoms with Crippen LogP contribution >= 0.6 is 0 Å². The summed E-state index contributed by atoms with van der Waals surface area (Å²) in [4.78, 5) is -0.239. The van der Waals surface area contributed by atoms with Gasteiger partial charge in [-0.25, -0.2) is 8.42 Å². The molecular weight excluding hydrogens is 343 g/mol. The van der Waals surface area contributed by atoms with Crippen molar-refractivity contribution in [1.82, 2.24) is 14.5 Å². The van der Waals surface area contributed by atoms with Gasteiger partial charge in [-0.3, -0.25) is 4.68 Å². The van der Waals surface area contributed by atoms with Gasteiger partial charge >= 0.3 is 6.18 Å². The first-order valence-electron chi connectivity index (χ1n) is 7.06. The first-order chi connectivity index (χ1) is 10.9. The summed E-state index contributed by atoms with van der Waals surface area (Å²) in [5.74, 6) is 0. The van der Waals surface area contributed by atoms with Crippen LogP contribution in [0.4, 0.5) is 13.2 Å². The Morgan fingerprint density at radius 3 is 2.08 bits per heavy atom. The molecule has 0 bridgehead atoms. The maximum Gasteiger partial charge on any atom is 0.411 e. The van der Waals surface area contributed by atoms with E-state index in [9.17, 15) is 21.6 Å². The van der Waals surface area contributed by atoms with Gasteiger partial charge in [0.2, 0.25) is 10.0 Å². The van der Waals surface area contributed by atoms with E-state index in [0.29, 0.717) is 0 Å². The van der Waals surface area contributed by atoms with E-state index < -0.39 is 21.7 Å². The van der Waals surface area contributed by atoms with Crippen LogP contribution in [-0.2, 0) is 22.6 Å². The van der Waals surface area contributed by atoms with Crippen LogP contribution in [0.1, 0.15) is 23.9 Å². The van der Waals surface area contributed by atoms with Gasteiger partial charge < -0.3 is 0 Å². The zero-order valence-corrected chi connectivity index (χ0v) is 14.5. The number of alkyl halides is 3. The Morgan fingerprint density at radius 1 is 1.12 bits per heavy atom. The highest BCUT2D eigenvalue weighted by atomic mass is 32.2. The molecule has 9 heteroatoms. The fourth-order valence-electron chi connectivity index (χ4n) is 2.51. The molecule has 1 atom stereocenters. The van der Waals surface area contributed by atoms with E-state index in [0.717, 1.165) is 6.92 Å². The zero-order chi connectivity index (χ0) is 18.3. The van der Waals surface area contributed by atoms with Crippen molar-refractivity contribution in [3.8, 4) is 0 Å². The highest BCUT2D eigenvalue weighted by molar-refractivity contribution is 7.89. The molecule has 0 spiro atoms. The van der Waals surface area contributed by atoms with Crippen LogP contribution in [0.5, 0.6) is 0 Å². The Morgan fingerprint density at radius 2 is 1.67 bits per heavy atom. The fourth-order valence-corrected chi connectivity index (χ4v) is 4.34. The number of aromatic nitrogens is 2. The molecule has 0 aliphatic carbocycles. The van der Waals surface area contributed by atoms with E-state index >= 15 is 0 Å². The van der Waals surface area contributed by atoms with E-state index in [-0.39, 0.29) is 21.8 Å². The molecule has 2 aromatic rings. The van der Waals surface area contributed by atoms with Crippen molar-refractivity contribution in [3.63, 3.8) is 0 Å². The molecule has 2 rings (SSSR count). The molecule has 1 N–H and O–H groups in total. The van der Waals surface area contributed by atoms with Crippen molar-refractivity contribution < 1.29 is 21.6 Å². The lowest BCUT2D eigenvalue weighted by Crippen LogP contribution is -2.53. The number of rotatable bonds is 4. The predicted molar refractivity (Wildman–Crippen MR) is 82.9 cm³/mol. The Labute approximate surface area is 138 Å². The van der Waals surface area contributed by atoms with Gasteiger partial charge in [0.25, 0.3) is 0 Å². The first kappa shape index (κ1) is 18.5. The molecule has 0 saturated heterocycles. The van der Waals surface area contributed by atoms with Crippen LogP contribution < -0.4 is 4.72 Å². The van der Waals surface area contributed by atoms with Gasteiger partial charge in [0.05, 0.1) is 11.4 Å². The highest BCUT2D eigenvalue weighted by Crippen LogP contribution is 2.40. The quantitative estimate of drug-likeness (QED) is 0.911. The molecule has 1 aromatic heterocycles. The molecule has 0 radical (unpaired) electrons. The van der Waals surface area contributed by atoms with Crippen molar-refractivity contribution in [2.75, 3.05) is 0 Å². The number of nitrogens with zero attached hydrogens (tertiary/aromatic N) is 2. The number of benzene rings is 1. The third-order valence-electron chi connectivity index (χ3n) is 3.97. The van der Waals surface area contributed by atoms with Gasteiger partial charge in [0.1, 0.15) is 4.90 Å². The number of hydrogen-bond donors (Lipinski definition) is 1. The lowest BCUT2D eigenvalue weighted by Gasteiger charge is -2.33. The second-order valence-corrected chi connectivity index (χ2v) is 7.34. The zero-order valence-electron chi connectivity index (χ0n) is 13.6. The summed E-state index contributed by atoms with van der Waals surface area (Å²) in [6, 6.07) is 6.88. The van der Waals surface area contributed by atoms with Crippen LogP contribution in [0.25, 0.3) is 0 Å². The SMILES string of the molecule is Cc1nn(C)c(C)c1S(=O)(=O)NC(C)(c1ccccc1)C(F)(F)F. The third-order valence-corrected chi connectivity index (χ3v) is 5.77. The Hall–Kier alpha value is -1.87. The predicted octanol–water partition coefficient (Wildman–Crippen LogP) is 2.79.